The molecule has 1 rings (SSSR count). The van der Waals surface area contributed by atoms with Crippen LogP contribution in [-0.2, 0) is 4.79 Å². The van der Waals surface area contributed by atoms with Gasteiger partial charge in [0.25, 0.3) is 0 Å². The van der Waals surface area contributed by atoms with Gasteiger partial charge < -0.3 is 15.5 Å². The molecule has 86 valence electrons. The zero-order chi connectivity index (χ0) is 11.1. The minimum Gasteiger partial charge on any atom is -0.394 e. The molecule has 3 N–H and O–H groups in total. The highest BCUT2D eigenvalue weighted by Gasteiger charge is 2.10. The monoisotopic (exact) mass is 213 g/mol. The number of rotatable bonds is 5. The van der Waals surface area contributed by atoms with Crippen LogP contribution in [0.15, 0.2) is 11.6 Å². The molecule has 0 aliphatic heterocycles. The smallest absolute Gasteiger partial charge is 0.224 e. The van der Waals surface area contributed by atoms with Crippen molar-refractivity contribution in [3.05, 3.63) is 11.6 Å². The second kappa shape index (κ2) is 6.58. The van der Waals surface area contributed by atoms with Crippen molar-refractivity contribution >= 4 is 5.91 Å². The number of aliphatic hydroxyl groups is 2. The zero-order valence-corrected chi connectivity index (χ0v) is 8.91. The summed E-state index contributed by atoms with van der Waals surface area (Å²) >= 11 is 0. The van der Waals surface area contributed by atoms with Gasteiger partial charge in [-0.3, -0.25) is 4.79 Å². The van der Waals surface area contributed by atoms with E-state index in [-0.39, 0.29) is 19.1 Å². The fraction of sp³-hybridized carbons (Fsp3) is 0.727. The van der Waals surface area contributed by atoms with Gasteiger partial charge in [-0.05, 0) is 25.7 Å². The fourth-order valence-corrected chi connectivity index (χ4v) is 1.63. The van der Waals surface area contributed by atoms with Crippen molar-refractivity contribution in [1.82, 2.24) is 5.32 Å². The van der Waals surface area contributed by atoms with Gasteiger partial charge in [0.1, 0.15) is 0 Å². The van der Waals surface area contributed by atoms with Gasteiger partial charge in [0, 0.05) is 13.0 Å². The third-order valence-electron chi connectivity index (χ3n) is 2.52. The Balaban J connectivity index is 2.20. The van der Waals surface area contributed by atoms with Gasteiger partial charge in [-0.25, -0.2) is 0 Å². The van der Waals surface area contributed by atoms with E-state index in [1.807, 2.05) is 0 Å². The van der Waals surface area contributed by atoms with E-state index in [0.717, 1.165) is 12.8 Å². The Morgan fingerprint density at radius 3 is 2.93 bits per heavy atom. The molecule has 1 aliphatic carbocycles. The summed E-state index contributed by atoms with van der Waals surface area (Å²) in [7, 11) is 0. The quantitative estimate of drug-likeness (QED) is 0.577. The summed E-state index contributed by atoms with van der Waals surface area (Å²) in [5, 5.41) is 20.2. The Bertz CT molecular complexity index is 238. The Morgan fingerprint density at radius 2 is 2.33 bits per heavy atom. The Morgan fingerprint density at radius 1 is 1.53 bits per heavy atom. The topological polar surface area (TPSA) is 69.6 Å². The first-order valence-electron chi connectivity index (χ1n) is 5.46. The lowest BCUT2D eigenvalue weighted by Gasteiger charge is -2.13. The number of amides is 1. The van der Waals surface area contributed by atoms with E-state index in [2.05, 4.69) is 11.4 Å². The molecule has 0 spiro atoms. The standard InChI is InChI=1S/C11H19NO3/c13-8-10(14)7-12-11(15)6-9-4-2-1-3-5-9/h4,10,13-14H,1-3,5-8H2,(H,12,15). The summed E-state index contributed by atoms with van der Waals surface area (Å²) in [5.74, 6) is -0.0735. The van der Waals surface area contributed by atoms with E-state index in [0.29, 0.717) is 6.42 Å². The van der Waals surface area contributed by atoms with E-state index in [4.69, 9.17) is 10.2 Å². The summed E-state index contributed by atoms with van der Waals surface area (Å²) < 4.78 is 0. The van der Waals surface area contributed by atoms with Crippen LogP contribution in [-0.4, -0.2) is 35.4 Å². The van der Waals surface area contributed by atoms with Gasteiger partial charge in [-0.15, -0.1) is 0 Å². The van der Waals surface area contributed by atoms with Crippen LogP contribution in [0, 0.1) is 0 Å². The first-order valence-corrected chi connectivity index (χ1v) is 5.46. The second-order valence-corrected chi connectivity index (χ2v) is 3.93. The molecule has 0 aromatic rings. The highest BCUT2D eigenvalue weighted by Crippen LogP contribution is 2.19. The van der Waals surface area contributed by atoms with Crippen molar-refractivity contribution in [3.63, 3.8) is 0 Å². The molecule has 0 saturated heterocycles. The summed E-state index contributed by atoms with van der Waals surface area (Å²) in [4.78, 5) is 11.4. The third kappa shape index (κ3) is 4.95. The summed E-state index contributed by atoms with van der Waals surface area (Å²) in [6.45, 7) is -0.189. The number of nitrogens with one attached hydrogen (secondary N) is 1. The zero-order valence-electron chi connectivity index (χ0n) is 8.91. The van der Waals surface area contributed by atoms with Crippen molar-refractivity contribution in [2.45, 2.75) is 38.2 Å². The molecular weight excluding hydrogens is 194 g/mol. The molecule has 1 atom stereocenters. The normalized spacial score (nSPS) is 18.1. The molecule has 4 nitrogen and oxygen atoms in total. The van der Waals surface area contributed by atoms with Crippen molar-refractivity contribution in [2.75, 3.05) is 13.2 Å². The van der Waals surface area contributed by atoms with Crippen molar-refractivity contribution in [3.8, 4) is 0 Å². The molecule has 0 aromatic carbocycles. The highest BCUT2D eigenvalue weighted by molar-refractivity contribution is 5.78. The van der Waals surface area contributed by atoms with Gasteiger partial charge >= 0.3 is 0 Å². The van der Waals surface area contributed by atoms with Gasteiger partial charge in [0.2, 0.25) is 5.91 Å². The second-order valence-electron chi connectivity index (χ2n) is 3.93. The maximum absolute atomic E-state index is 11.4. The first-order chi connectivity index (χ1) is 7.22. The summed E-state index contributed by atoms with van der Waals surface area (Å²) in [6, 6.07) is 0. The molecule has 0 radical (unpaired) electrons. The van der Waals surface area contributed by atoms with Crippen LogP contribution < -0.4 is 5.32 Å². The Labute approximate surface area is 90.0 Å². The van der Waals surface area contributed by atoms with Gasteiger partial charge in [-0.1, -0.05) is 11.6 Å². The summed E-state index contributed by atoms with van der Waals surface area (Å²) in [5.41, 5.74) is 1.19. The minimum absolute atomic E-state index is 0.0735. The van der Waals surface area contributed by atoms with Gasteiger partial charge in [0.15, 0.2) is 0 Å². The molecule has 1 aliphatic rings. The van der Waals surface area contributed by atoms with Crippen molar-refractivity contribution < 1.29 is 15.0 Å². The minimum atomic E-state index is -0.853. The van der Waals surface area contributed by atoms with Crippen molar-refractivity contribution in [2.24, 2.45) is 0 Å². The number of aliphatic hydroxyl groups excluding tert-OH is 2. The molecule has 1 amide bonds. The van der Waals surface area contributed by atoms with E-state index >= 15 is 0 Å². The van der Waals surface area contributed by atoms with Crippen LogP contribution in [0.4, 0.5) is 0 Å². The predicted molar refractivity (Wildman–Crippen MR) is 57.3 cm³/mol. The lowest BCUT2D eigenvalue weighted by atomic mass is 9.97. The first kappa shape index (κ1) is 12.2. The number of carbonyl (C=O) groups is 1. The maximum Gasteiger partial charge on any atom is 0.224 e. The third-order valence-corrected chi connectivity index (χ3v) is 2.52. The molecule has 0 aromatic heterocycles. The number of carbonyl (C=O) groups excluding carboxylic acids is 1. The molecule has 0 heterocycles. The Hall–Kier alpha value is -0.870. The molecule has 0 saturated carbocycles. The fourth-order valence-electron chi connectivity index (χ4n) is 1.63. The van der Waals surface area contributed by atoms with E-state index in [1.165, 1.54) is 18.4 Å². The van der Waals surface area contributed by atoms with Crippen LogP contribution in [0.3, 0.4) is 0 Å². The molecule has 0 bridgehead atoms. The van der Waals surface area contributed by atoms with Crippen LogP contribution in [0.25, 0.3) is 0 Å². The van der Waals surface area contributed by atoms with E-state index in [9.17, 15) is 4.79 Å². The average Bonchev–Trinajstić information content (AvgIpc) is 2.27. The number of allylic oxidation sites excluding steroid dienone is 1. The van der Waals surface area contributed by atoms with Crippen LogP contribution >= 0.6 is 0 Å². The average molecular weight is 213 g/mol. The number of hydrogen-bond acceptors (Lipinski definition) is 3. The predicted octanol–water partition coefficient (Wildman–Crippen LogP) is 0.346. The maximum atomic E-state index is 11.4. The van der Waals surface area contributed by atoms with Gasteiger partial charge in [0.05, 0.1) is 12.7 Å². The molecular formula is C11H19NO3. The van der Waals surface area contributed by atoms with Gasteiger partial charge in [-0.2, -0.15) is 0 Å². The molecule has 4 heteroatoms. The SMILES string of the molecule is O=C(CC1=CCCCC1)NCC(O)CO. The Kier molecular flexibility index (Phi) is 5.36. The molecule has 15 heavy (non-hydrogen) atoms. The summed E-state index contributed by atoms with van der Waals surface area (Å²) in [6.07, 6.45) is 6.17. The molecule has 0 fully saturated rings. The lowest BCUT2D eigenvalue weighted by Crippen LogP contribution is -2.34. The largest absolute Gasteiger partial charge is 0.394 e. The van der Waals surface area contributed by atoms with Crippen LogP contribution in [0.1, 0.15) is 32.1 Å². The van der Waals surface area contributed by atoms with Crippen LogP contribution in [0.2, 0.25) is 0 Å². The van der Waals surface area contributed by atoms with Crippen molar-refractivity contribution in [1.29, 1.82) is 0 Å². The van der Waals surface area contributed by atoms with Crippen LogP contribution in [0.5, 0.6) is 0 Å². The molecule has 1 unspecified atom stereocenters. The number of hydrogen-bond donors (Lipinski definition) is 3. The van der Waals surface area contributed by atoms with E-state index < -0.39 is 6.10 Å². The van der Waals surface area contributed by atoms with E-state index in [1.54, 1.807) is 0 Å². The highest BCUT2D eigenvalue weighted by atomic mass is 16.3. The lowest BCUT2D eigenvalue weighted by molar-refractivity contribution is -0.121.